The van der Waals surface area contributed by atoms with Crippen molar-refractivity contribution in [2.24, 2.45) is 13.0 Å². The quantitative estimate of drug-likeness (QED) is 0.913. The molecule has 0 atom stereocenters. The van der Waals surface area contributed by atoms with Crippen LogP contribution in [0.4, 0.5) is 0 Å². The summed E-state index contributed by atoms with van der Waals surface area (Å²) in [6, 6.07) is 9.17. The van der Waals surface area contributed by atoms with Crippen LogP contribution in [0.15, 0.2) is 35.1 Å². The lowest BCUT2D eigenvalue weighted by atomic mass is 10.1. The molecule has 0 bridgehead atoms. The van der Waals surface area contributed by atoms with Gasteiger partial charge >= 0.3 is 0 Å². The Morgan fingerprint density at radius 1 is 1.33 bits per heavy atom. The Morgan fingerprint density at radius 2 is 2.05 bits per heavy atom. The molecule has 0 spiro atoms. The molecule has 1 heterocycles. The van der Waals surface area contributed by atoms with Crippen molar-refractivity contribution in [3.63, 3.8) is 0 Å². The molecule has 0 unspecified atom stereocenters. The Bertz CT molecular complexity index is 677. The highest BCUT2D eigenvalue weighted by molar-refractivity contribution is 5.67. The summed E-state index contributed by atoms with van der Waals surface area (Å²) in [5.41, 5.74) is 1.45. The van der Waals surface area contributed by atoms with E-state index >= 15 is 0 Å². The molecule has 0 fully saturated rings. The smallest absolute Gasteiger partial charge is 0.272 e. The van der Waals surface area contributed by atoms with Crippen molar-refractivity contribution in [2.45, 2.75) is 20.5 Å². The van der Waals surface area contributed by atoms with Gasteiger partial charge in [-0.2, -0.15) is 5.10 Å². The summed E-state index contributed by atoms with van der Waals surface area (Å²) in [5.74, 6) is 1.14. The standard InChI is InChI=1S/C16H20N2O3/c1-11(2)10-21-15-7-5-4-6-13(15)14-8-12(9-19)16(20)18(3)17-14/h4-8,11,19H,9-10H2,1-3H3. The zero-order chi connectivity index (χ0) is 15.4. The zero-order valence-corrected chi connectivity index (χ0v) is 12.5. The van der Waals surface area contributed by atoms with E-state index in [1.807, 2.05) is 24.3 Å². The molecular weight excluding hydrogens is 268 g/mol. The largest absolute Gasteiger partial charge is 0.493 e. The van der Waals surface area contributed by atoms with E-state index in [2.05, 4.69) is 18.9 Å². The van der Waals surface area contributed by atoms with Crippen molar-refractivity contribution in [3.05, 3.63) is 46.2 Å². The van der Waals surface area contributed by atoms with E-state index in [1.54, 1.807) is 13.1 Å². The second-order valence-electron chi connectivity index (χ2n) is 5.34. The first kappa shape index (κ1) is 15.3. The highest BCUT2D eigenvalue weighted by Crippen LogP contribution is 2.28. The van der Waals surface area contributed by atoms with Crippen molar-refractivity contribution in [1.29, 1.82) is 0 Å². The fourth-order valence-electron chi connectivity index (χ4n) is 1.98. The second-order valence-corrected chi connectivity index (χ2v) is 5.34. The summed E-state index contributed by atoms with van der Waals surface area (Å²) in [6.45, 7) is 4.46. The number of aryl methyl sites for hydroxylation is 1. The van der Waals surface area contributed by atoms with E-state index in [9.17, 15) is 9.90 Å². The topological polar surface area (TPSA) is 64.3 Å². The van der Waals surface area contributed by atoms with Crippen LogP contribution in [0.1, 0.15) is 19.4 Å². The van der Waals surface area contributed by atoms with Gasteiger partial charge in [0.1, 0.15) is 5.75 Å². The summed E-state index contributed by atoms with van der Waals surface area (Å²) in [5, 5.41) is 13.5. The molecule has 0 amide bonds. The Balaban J connectivity index is 2.47. The molecule has 112 valence electrons. The maximum Gasteiger partial charge on any atom is 0.272 e. The number of hydrogen-bond acceptors (Lipinski definition) is 4. The highest BCUT2D eigenvalue weighted by Gasteiger charge is 2.12. The van der Waals surface area contributed by atoms with Gasteiger partial charge < -0.3 is 9.84 Å². The van der Waals surface area contributed by atoms with Gasteiger partial charge in [0.05, 0.1) is 18.9 Å². The Labute approximate surface area is 123 Å². The Hall–Kier alpha value is -2.14. The minimum absolute atomic E-state index is 0.290. The van der Waals surface area contributed by atoms with Gasteiger partial charge in [0.2, 0.25) is 0 Å². The van der Waals surface area contributed by atoms with Gasteiger partial charge in [0, 0.05) is 18.2 Å². The SMILES string of the molecule is CC(C)COc1ccccc1-c1cc(CO)c(=O)n(C)n1. The highest BCUT2D eigenvalue weighted by atomic mass is 16.5. The lowest BCUT2D eigenvalue weighted by molar-refractivity contribution is 0.272. The lowest BCUT2D eigenvalue weighted by Crippen LogP contribution is -2.23. The predicted octanol–water partition coefficient (Wildman–Crippen LogP) is 1.97. The minimum atomic E-state index is -0.308. The average molecular weight is 288 g/mol. The van der Waals surface area contributed by atoms with Crippen LogP contribution < -0.4 is 10.3 Å². The summed E-state index contributed by atoms with van der Waals surface area (Å²) < 4.78 is 7.04. The summed E-state index contributed by atoms with van der Waals surface area (Å²) in [7, 11) is 1.57. The number of rotatable bonds is 5. The Morgan fingerprint density at radius 3 is 2.71 bits per heavy atom. The number of benzene rings is 1. The summed E-state index contributed by atoms with van der Waals surface area (Å²) >= 11 is 0. The van der Waals surface area contributed by atoms with Crippen LogP contribution in [0.2, 0.25) is 0 Å². The van der Waals surface area contributed by atoms with Crippen molar-refractivity contribution in [1.82, 2.24) is 9.78 Å². The molecule has 1 N–H and O–H groups in total. The van der Waals surface area contributed by atoms with Crippen molar-refractivity contribution in [3.8, 4) is 17.0 Å². The van der Waals surface area contributed by atoms with Gasteiger partial charge in [0.15, 0.2) is 0 Å². The second kappa shape index (κ2) is 6.54. The molecule has 0 radical (unpaired) electrons. The molecule has 0 aliphatic rings. The van der Waals surface area contributed by atoms with Gasteiger partial charge in [-0.3, -0.25) is 4.79 Å². The fourth-order valence-corrected chi connectivity index (χ4v) is 1.98. The maximum absolute atomic E-state index is 11.8. The van der Waals surface area contributed by atoms with E-state index in [0.717, 1.165) is 11.3 Å². The van der Waals surface area contributed by atoms with Crippen LogP contribution in [0.5, 0.6) is 5.75 Å². The van der Waals surface area contributed by atoms with Gasteiger partial charge in [-0.15, -0.1) is 0 Å². The van der Waals surface area contributed by atoms with Crippen molar-refractivity contribution < 1.29 is 9.84 Å². The molecule has 0 aliphatic carbocycles. The van der Waals surface area contributed by atoms with Crippen molar-refractivity contribution in [2.75, 3.05) is 6.61 Å². The molecule has 0 saturated heterocycles. The number of aliphatic hydroxyl groups excluding tert-OH is 1. The van der Waals surface area contributed by atoms with Crippen LogP contribution in [-0.2, 0) is 13.7 Å². The fraction of sp³-hybridized carbons (Fsp3) is 0.375. The van der Waals surface area contributed by atoms with E-state index in [1.165, 1.54) is 4.68 Å². The summed E-state index contributed by atoms with van der Waals surface area (Å²) in [4.78, 5) is 11.8. The molecule has 5 nitrogen and oxygen atoms in total. The molecule has 5 heteroatoms. The zero-order valence-electron chi connectivity index (χ0n) is 12.5. The number of para-hydroxylation sites is 1. The van der Waals surface area contributed by atoms with E-state index in [-0.39, 0.29) is 12.2 Å². The number of hydrogen-bond donors (Lipinski definition) is 1. The number of ether oxygens (including phenoxy) is 1. The molecule has 21 heavy (non-hydrogen) atoms. The third-order valence-corrected chi connectivity index (χ3v) is 3.04. The number of nitrogens with zero attached hydrogens (tertiary/aromatic N) is 2. The lowest BCUT2D eigenvalue weighted by Gasteiger charge is -2.13. The minimum Gasteiger partial charge on any atom is -0.493 e. The molecule has 1 aromatic carbocycles. The summed E-state index contributed by atoms with van der Waals surface area (Å²) in [6.07, 6.45) is 0. The number of aromatic nitrogens is 2. The maximum atomic E-state index is 11.8. The average Bonchev–Trinajstić information content (AvgIpc) is 2.48. The third kappa shape index (κ3) is 3.49. The molecule has 1 aromatic heterocycles. The molecular formula is C16H20N2O3. The Kier molecular flexibility index (Phi) is 4.75. The van der Waals surface area contributed by atoms with Gasteiger partial charge in [-0.25, -0.2) is 4.68 Å². The van der Waals surface area contributed by atoms with Crippen LogP contribution in [0.3, 0.4) is 0 Å². The van der Waals surface area contributed by atoms with Gasteiger partial charge in [-0.1, -0.05) is 26.0 Å². The van der Waals surface area contributed by atoms with E-state index < -0.39 is 0 Å². The first-order chi connectivity index (χ1) is 10.0. The first-order valence-corrected chi connectivity index (χ1v) is 6.93. The predicted molar refractivity (Wildman–Crippen MR) is 81.2 cm³/mol. The molecule has 0 aliphatic heterocycles. The van der Waals surface area contributed by atoms with Crippen LogP contribution >= 0.6 is 0 Å². The molecule has 0 saturated carbocycles. The van der Waals surface area contributed by atoms with Crippen LogP contribution in [0.25, 0.3) is 11.3 Å². The van der Waals surface area contributed by atoms with E-state index in [0.29, 0.717) is 23.8 Å². The van der Waals surface area contributed by atoms with Crippen LogP contribution in [0, 0.1) is 5.92 Å². The van der Waals surface area contributed by atoms with Crippen molar-refractivity contribution >= 4 is 0 Å². The third-order valence-electron chi connectivity index (χ3n) is 3.04. The van der Waals surface area contributed by atoms with Gasteiger partial charge in [0.25, 0.3) is 5.56 Å². The molecule has 2 aromatic rings. The molecule has 2 rings (SSSR count). The monoisotopic (exact) mass is 288 g/mol. The van der Waals surface area contributed by atoms with Gasteiger partial charge in [-0.05, 0) is 24.1 Å². The normalized spacial score (nSPS) is 10.9. The first-order valence-electron chi connectivity index (χ1n) is 6.93. The van der Waals surface area contributed by atoms with E-state index in [4.69, 9.17) is 4.74 Å². The van der Waals surface area contributed by atoms with Crippen LogP contribution in [-0.4, -0.2) is 21.5 Å². The number of aliphatic hydroxyl groups is 1.